The molecule has 0 aromatic carbocycles. The molecule has 5 heteroatoms. The van der Waals surface area contributed by atoms with Crippen molar-refractivity contribution in [3.8, 4) is 5.88 Å². The molecule has 0 bridgehead atoms. The highest BCUT2D eigenvalue weighted by Crippen LogP contribution is 2.05. The Kier molecular flexibility index (Phi) is 4.39. The normalized spacial score (nSPS) is 9.57. The zero-order chi connectivity index (χ0) is 10.4. The third-order valence-electron chi connectivity index (χ3n) is 1.62. The van der Waals surface area contributed by atoms with Crippen LogP contribution in [0.25, 0.3) is 0 Å². The van der Waals surface area contributed by atoms with E-state index in [-0.39, 0.29) is 5.91 Å². The zero-order valence-electron chi connectivity index (χ0n) is 7.79. The molecule has 0 saturated heterocycles. The van der Waals surface area contributed by atoms with E-state index in [1.807, 2.05) is 6.07 Å². The van der Waals surface area contributed by atoms with Gasteiger partial charge in [-0.1, -0.05) is 22.0 Å². The molecule has 0 aliphatic carbocycles. The number of nitrogens with zero attached hydrogens (tertiary/aromatic N) is 1. The van der Waals surface area contributed by atoms with Gasteiger partial charge in [0.1, 0.15) is 0 Å². The van der Waals surface area contributed by atoms with E-state index >= 15 is 0 Å². The van der Waals surface area contributed by atoms with Gasteiger partial charge in [-0.05, 0) is 5.56 Å². The molecule has 14 heavy (non-hydrogen) atoms. The van der Waals surface area contributed by atoms with Gasteiger partial charge in [0, 0.05) is 18.8 Å². The fourth-order valence-electron chi connectivity index (χ4n) is 0.884. The summed E-state index contributed by atoms with van der Waals surface area (Å²) in [5, 5.41) is 3.04. The van der Waals surface area contributed by atoms with Crippen molar-refractivity contribution in [1.29, 1.82) is 0 Å². The van der Waals surface area contributed by atoms with Crippen molar-refractivity contribution in [1.82, 2.24) is 10.3 Å². The van der Waals surface area contributed by atoms with Gasteiger partial charge < -0.3 is 10.1 Å². The van der Waals surface area contributed by atoms with Gasteiger partial charge in [-0.25, -0.2) is 4.98 Å². The van der Waals surface area contributed by atoms with E-state index in [9.17, 15) is 4.79 Å². The lowest BCUT2D eigenvalue weighted by Crippen LogP contribution is -2.23. The smallest absolute Gasteiger partial charge is 0.230 e. The van der Waals surface area contributed by atoms with E-state index in [4.69, 9.17) is 4.74 Å². The van der Waals surface area contributed by atoms with Crippen molar-refractivity contribution in [2.24, 2.45) is 0 Å². The van der Waals surface area contributed by atoms with Crippen LogP contribution in [-0.2, 0) is 11.3 Å². The van der Waals surface area contributed by atoms with Crippen molar-refractivity contribution in [2.45, 2.75) is 6.54 Å². The number of carbonyl (C=O) groups excluding carboxylic acids is 1. The molecule has 4 nitrogen and oxygen atoms in total. The number of amides is 1. The highest BCUT2D eigenvalue weighted by molar-refractivity contribution is 9.09. The Morgan fingerprint density at radius 2 is 2.43 bits per heavy atom. The molecule has 76 valence electrons. The van der Waals surface area contributed by atoms with Crippen molar-refractivity contribution in [3.63, 3.8) is 0 Å². The number of pyridine rings is 1. The van der Waals surface area contributed by atoms with Crippen LogP contribution in [0.4, 0.5) is 0 Å². The van der Waals surface area contributed by atoms with Gasteiger partial charge >= 0.3 is 0 Å². The van der Waals surface area contributed by atoms with Gasteiger partial charge in [-0.15, -0.1) is 0 Å². The van der Waals surface area contributed by atoms with Crippen LogP contribution in [0, 0.1) is 0 Å². The summed E-state index contributed by atoms with van der Waals surface area (Å²) >= 11 is 3.06. The van der Waals surface area contributed by atoms with Crippen LogP contribution in [-0.4, -0.2) is 23.3 Å². The van der Waals surface area contributed by atoms with Crippen LogP contribution in [0.15, 0.2) is 18.3 Å². The molecule has 1 aromatic rings. The Hall–Kier alpha value is -1.10. The molecule has 0 saturated carbocycles. The predicted molar refractivity (Wildman–Crippen MR) is 56.4 cm³/mol. The van der Waals surface area contributed by atoms with Gasteiger partial charge in [0.2, 0.25) is 11.8 Å². The molecular formula is C9H11BrN2O2. The van der Waals surface area contributed by atoms with E-state index in [1.165, 1.54) is 0 Å². The molecule has 0 spiro atoms. The number of alkyl halides is 1. The Labute approximate surface area is 90.8 Å². The lowest BCUT2D eigenvalue weighted by atomic mass is 10.3. The maximum Gasteiger partial charge on any atom is 0.230 e. The molecule has 0 unspecified atom stereocenters. The number of ether oxygens (including phenoxy) is 1. The summed E-state index contributed by atoms with van der Waals surface area (Å²) in [6, 6.07) is 3.62. The number of aromatic nitrogens is 1. The summed E-state index contributed by atoms with van der Waals surface area (Å²) in [4.78, 5) is 14.9. The lowest BCUT2D eigenvalue weighted by Gasteiger charge is -2.03. The summed E-state index contributed by atoms with van der Waals surface area (Å²) in [6.45, 7) is 0.488. The van der Waals surface area contributed by atoms with Crippen LogP contribution >= 0.6 is 15.9 Å². The molecule has 1 rings (SSSR count). The zero-order valence-corrected chi connectivity index (χ0v) is 9.37. The Balaban J connectivity index is 2.47. The molecule has 1 heterocycles. The second-order valence-electron chi connectivity index (χ2n) is 2.62. The monoisotopic (exact) mass is 258 g/mol. The van der Waals surface area contributed by atoms with Crippen LogP contribution in [0.1, 0.15) is 5.56 Å². The van der Waals surface area contributed by atoms with E-state index in [0.717, 1.165) is 5.56 Å². The van der Waals surface area contributed by atoms with Gasteiger partial charge in [0.15, 0.2) is 0 Å². The largest absolute Gasteiger partial charge is 0.481 e. The quantitative estimate of drug-likeness (QED) is 0.824. The first-order chi connectivity index (χ1) is 6.76. The minimum absolute atomic E-state index is 0.0409. The molecule has 0 aliphatic rings. The first-order valence-corrected chi connectivity index (χ1v) is 5.20. The molecule has 0 radical (unpaired) electrons. The van der Waals surface area contributed by atoms with Crippen LogP contribution in [0.2, 0.25) is 0 Å². The third kappa shape index (κ3) is 3.33. The van der Waals surface area contributed by atoms with Crippen molar-refractivity contribution in [2.75, 3.05) is 12.4 Å². The molecule has 0 atom stereocenters. The predicted octanol–water partition coefficient (Wildman–Crippen LogP) is 1.10. The summed E-state index contributed by atoms with van der Waals surface area (Å²) in [5.41, 5.74) is 0.945. The Morgan fingerprint density at radius 3 is 2.93 bits per heavy atom. The molecular weight excluding hydrogens is 248 g/mol. The maximum atomic E-state index is 10.9. The Morgan fingerprint density at radius 1 is 1.64 bits per heavy atom. The maximum absolute atomic E-state index is 10.9. The van der Waals surface area contributed by atoms with Crippen molar-refractivity contribution < 1.29 is 9.53 Å². The minimum Gasteiger partial charge on any atom is -0.481 e. The van der Waals surface area contributed by atoms with Crippen molar-refractivity contribution >= 4 is 21.8 Å². The summed E-state index contributed by atoms with van der Waals surface area (Å²) in [6.07, 6.45) is 1.67. The first kappa shape index (κ1) is 11.0. The van der Waals surface area contributed by atoms with Crippen LogP contribution in [0.3, 0.4) is 0 Å². The fraction of sp³-hybridized carbons (Fsp3) is 0.333. The number of methoxy groups -OCH3 is 1. The standard InChI is InChI=1S/C9H11BrN2O2/c1-14-9-3-2-7(6-12-9)5-11-8(13)4-10/h2-3,6H,4-5H2,1H3,(H,11,13). The second-order valence-corrected chi connectivity index (χ2v) is 3.18. The summed E-state index contributed by atoms with van der Waals surface area (Å²) in [7, 11) is 1.56. The average Bonchev–Trinajstić information content (AvgIpc) is 2.26. The average molecular weight is 259 g/mol. The molecule has 0 fully saturated rings. The minimum atomic E-state index is -0.0409. The van der Waals surface area contributed by atoms with Gasteiger partial charge in [-0.3, -0.25) is 4.79 Å². The summed E-state index contributed by atoms with van der Waals surface area (Å²) in [5.74, 6) is 0.529. The highest BCUT2D eigenvalue weighted by Gasteiger charge is 1.98. The second kappa shape index (κ2) is 5.59. The molecule has 1 N–H and O–H groups in total. The van der Waals surface area contributed by atoms with E-state index in [0.29, 0.717) is 17.8 Å². The lowest BCUT2D eigenvalue weighted by molar-refractivity contribution is -0.118. The third-order valence-corrected chi connectivity index (χ3v) is 2.13. The SMILES string of the molecule is COc1ccc(CNC(=O)CBr)cn1. The number of rotatable bonds is 4. The number of nitrogens with one attached hydrogen (secondary N) is 1. The Bertz CT molecular complexity index is 300. The van der Waals surface area contributed by atoms with E-state index in [2.05, 4.69) is 26.2 Å². The molecule has 1 amide bonds. The number of carbonyl (C=O) groups is 1. The van der Waals surface area contributed by atoms with Crippen molar-refractivity contribution in [3.05, 3.63) is 23.9 Å². The first-order valence-electron chi connectivity index (χ1n) is 4.08. The number of hydrogen-bond donors (Lipinski definition) is 1. The molecule has 0 aliphatic heterocycles. The topological polar surface area (TPSA) is 51.2 Å². The summed E-state index contributed by atoms with van der Waals surface area (Å²) < 4.78 is 4.91. The van der Waals surface area contributed by atoms with E-state index in [1.54, 1.807) is 19.4 Å². The number of halogens is 1. The van der Waals surface area contributed by atoms with Gasteiger partial charge in [-0.2, -0.15) is 0 Å². The van der Waals surface area contributed by atoms with Crippen LogP contribution in [0.5, 0.6) is 5.88 Å². The molecule has 1 aromatic heterocycles. The fourth-order valence-corrected chi connectivity index (χ4v) is 1.08. The highest BCUT2D eigenvalue weighted by atomic mass is 79.9. The van der Waals surface area contributed by atoms with Crippen LogP contribution < -0.4 is 10.1 Å². The van der Waals surface area contributed by atoms with E-state index < -0.39 is 0 Å². The van der Waals surface area contributed by atoms with Gasteiger partial charge in [0.05, 0.1) is 12.4 Å². The number of hydrogen-bond acceptors (Lipinski definition) is 3. The van der Waals surface area contributed by atoms with Gasteiger partial charge in [0.25, 0.3) is 0 Å².